The van der Waals surface area contributed by atoms with E-state index in [4.69, 9.17) is 5.11 Å². The number of hydrogen-bond acceptors (Lipinski definition) is 4. The van der Waals surface area contributed by atoms with Gasteiger partial charge in [0.1, 0.15) is 0 Å². The van der Waals surface area contributed by atoms with Crippen molar-refractivity contribution in [3.8, 4) is 11.3 Å². The van der Waals surface area contributed by atoms with Gasteiger partial charge in [-0.3, -0.25) is 9.59 Å². The van der Waals surface area contributed by atoms with Gasteiger partial charge in [-0.2, -0.15) is 0 Å². The summed E-state index contributed by atoms with van der Waals surface area (Å²) in [6.07, 6.45) is 1.67. The number of rotatable bonds is 5. The van der Waals surface area contributed by atoms with Crippen LogP contribution in [0.25, 0.3) is 22.2 Å². The Hall–Kier alpha value is -3.19. The summed E-state index contributed by atoms with van der Waals surface area (Å²) in [5.74, 6) is -2.34. The number of hydrogen-bond donors (Lipinski definition) is 3. The summed E-state index contributed by atoms with van der Waals surface area (Å²) < 4.78 is 2.22. The van der Waals surface area contributed by atoms with E-state index in [-0.39, 0.29) is 5.56 Å². The number of fused-ring (bicyclic) bond motifs is 1. The molecule has 3 heterocycles. The fourth-order valence-corrected chi connectivity index (χ4v) is 4.22. The van der Waals surface area contributed by atoms with E-state index < -0.39 is 17.3 Å². The van der Waals surface area contributed by atoms with Gasteiger partial charge in [-0.1, -0.05) is 13.0 Å². The molecule has 1 atom stereocenters. The van der Waals surface area contributed by atoms with Crippen LogP contribution in [0.1, 0.15) is 40.9 Å². The van der Waals surface area contributed by atoms with Gasteiger partial charge in [0.15, 0.2) is 0 Å². The fraction of sp³-hybridized carbons (Fsp3) is 0.318. The quantitative estimate of drug-likeness (QED) is 0.456. The molecule has 1 aliphatic heterocycles. The van der Waals surface area contributed by atoms with Gasteiger partial charge in [0.2, 0.25) is 0 Å². The first-order valence-corrected chi connectivity index (χ1v) is 9.75. The first kappa shape index (κ1) is 19.1. The van der Waals surface area contributed by atoms with Crippen LogP contribution in [0.3, 0.4) is 0 Å². The van der Waals surface area contributed by atoms with Crippen molar-refractivity contribution in [2.45, 2.75) is 25.7 Å². The number of Topliss-reactive ketones (excluding diaryl/α,β-unsaturated/α-hetero) is 1. The number of ketones is 1. The molecular weight excluding hydrogens is 370 g/mol. The molecule has 7 heteroatoms. The second-order valence-corrected chi connectivity index (χ2v) is 7.49. The second-order valence-electron chi connectivity index (χ2n) is 7.49. The zero-order valence-electron chi connectivity index (χ0n) is 16.4. The van der Waals surface area contributed by atoms with Gasteiger partial charge in [0.25, 0.3) is 11.3 Å². The van der Waals surface area contributed by atoms with Crippen molar-refractivity contribution in [1.29, 1.82) is 0 Å². The van der Waals surface area contributed by atoms with Gasteiger partial charge in [0.05, 0.1) is 11.3 Å². The van der Waals surface area contributed by atoms with E-state index in [9.17, 15) is 14.4 Å². The number of aromatic nitrogens is 2. The summed E-state index contributed by atoms with van der Waals surface area (Å²) in [6, 6.07) is 9.61. The van der Waals surface area contributed by atoms with Crippen molar-refractivity contribution in [2.24, 2.45) is 7.05 Å². The second kappa shape index (κ2) is 7.33. The fourth-order valence-electron chi connectivity index (χ4n) is 4.22. The van der Waals surface area contributed by atoms with Crippen molar-refractivity contribution < 1.29 is 14.7 Å². The van der Waals surface area contributed by atoms with Crippen LogP contribution >= 0.6 is 0 Å². The number of carbonyl (C=O) groups excluding carboxylic acids is 1. The SMILES string of the molecule is CCc1cc(C(=O)C(=O)O)c(=O)[nH]c1-c1ccc2c(c1)cc(C1CCNC1)n2C. The summed E-state index contributed by atoms with van der Waals surface area (Å²) in [5, 5.41) is 13.4. The minimum atomic E-state index is -1.63. The predicted octanol–water partition coefficient (Wildman–Crippen LogP) is 2.44. The minimum absolute atomic E-state index is 0.338. The first-order valence-electron chi connectivity index (χ1n) is 9.75. The van der Waals surface area contributed by atoms with Crippen LogP contribution in [0.5, 0.6) is 0 Å². The Morgan fingerprint density at radius 3 is 2.69 bits per heavy atom. The molecular formula is C22H23N3O4. The van der Waals surface area contributed by atoms with Gasteiger partial charge in [-0.15, -0.1) is 0 Å². The van der Waals surface area contributed by atoms with Gasteiger partial charge < -0.3 is 20.0 Å². The van der Waals surface area contributed by atoms with Crippen molar-refractivity contribution >= 4 is 22.7 Å². The lowest BCUT2D eigenvalue weighted by Crippen LogP contribution is -2.24. The zero-order chi connectivity index (χ0) is 20.7. The number of aliphatic carboxylic acids is 1. The number of pyridine rings is 1. The van der Waals surface area contributed by atoms with Crippen molar-refractivity contribution in [2.75, 3.05) is 13.1 Å². The number of nitrogens with zero attached hydrogens (tertiary/aromatic N) is 1. The Kier molecular flexibility index (Phi) is 4.84. The third kappa shape index (κ3) is 3.27. The molecule has 1 unspecified atom stereocenters. The number of carbonyl (C=O) groups is 2. The third-order valence-electron chi connectivity index (χ3n) is 5.79. The van der Waals surface area contributed by atoms with Crippen LogP contribution in [0.15, 0.2) is 35.1 Å². The average Bonchev–Trinajstić information content (AvgIpc) is 3.35. The number of aromatic amines is 1. The van der Waals surface area contributed by atoms with E-state index in [1.165, 1.54) is 11.8 Å². The van der Waals surface area contributed by atoms with Crippen LogP contribution in [-0.4, -0.2) is 39.5 Å². The molecule has 1 fully saturated rings. The molecule has 0 saturated carbocycles. The number of carboxylic acids is 1. The maximum atomic E-state index is 12.4. The molecule has 3 N–H and O–H groups in total. The minimum Gasteiger partial charge on any atom is -0.475 e. The van der Waals surface area contributed by atoms with Gasteiger partial charge in [-0.25, -0.2) is 4.79 Å². The van der Waals surface area contributed by atoms with Crippen LogP contribution in [0.4, 0.5) is 0 Å². The molecule has 7 nitrogen and oxygen atoms in total. The Morgan fingerprint density at radius 2 is 2.03 bits per heavy atom. The van der Waals surface area contributed by atoms with Gasteiger partial charge in [0, 0.05) is 36.1 Å². The van der Waals surface area contributed by atoms with Crippen LogP contribution in [-0.2, 0) is 18.3 Å². The molecule has 0 amide bonds. The highest BCUT2D eigenvalue weighted by atomic mass is 16.4. The Balaban J connectivity index is 1.82. The summed E-state index contributed by atoms with van der Waals surface area (Å²) in [5.41, 5.74) is 3.56. The van der Waals surface area contributed by atoms with Crippen LogP contribution in [0, 0.1) is 0 Å². The van der Waals surface area contributed by atoms with Gasteiger partial charge >= 0.3 is 5.97 Å². The largest absolute Gasteiger partial charge is 0.475 e. The van der Waals surface area contributed by atoms with Gasteiger partial charge in [-0.05, 0) is 54.8 Å². The highest BCUT2D eigenvalue weighted by Crippen LogP contribution is 2.31. The number of nitrogens with one attached hydrogen (secondary N) is 2. The van der Waals surface area contributed by atoms with E-state index in [0.29, 0.717) is 18.0 Å². The molecule has 29 heavy (non-hydrogen) atoms. The molecule has 0 spiro atoms. The third-order valence-corrected chi connectivity index (χ3v) is 5.79. The monoisotopic (exact) mass is 393 g/mol. The summed E-state index contributed by atoms with van der Waals surface area (Å²) >= 11 is 0. The lowest BCUT2D eigenvalue weighted by molar-refractivity contribution is -0.131. The average molecular weight is 393 g/mol. The van der Waals surface area contributed by atoms with E-state index in [1.54, 1.807) is 0 Å². The maximum Gasteiger partial charge on any atom is 0.377 e. The molecule has 1 saturated heterocycles. The molecule has 4 rings (SSSR count). The number of aryl methyl sites for hydroxylation is 2. The summed E-state index contributed by atoms with van der Waals surface area (Å²) in [4.78, 5) is 37.9. The Labute approximate surface area is 167 Å². The zero-order valence-corrected chi connectivity index (χ0v) is 16.4. The molecule has 0 radical (unpaired) electrons. The predicted molar refractivity (Wildman–Crippen MR) is 111 cm³/mol. The van der Waals surface area contributed by atoms with Crippen molar-refractivity contribution in [3.63, 3.8) is 0 Å². The summed E-state index contributed by atoms with van der Waals surface area (Å²) in [6.45, 7) is 3.90. The van der Waals surface area contributed by atoms with Crippen molar-refractivity contribution in [3.05, 3.63) is 57.5 Å². The number of carboxylic acid groups (broad SMARTS) is 1. The Morgan fingerprint density at radius 1 is 1.24 bits per heavy atom. The molecule has 3 aromatic rings. The highest BCUT2D eigenvalue weighted by Gasteiger charge is 2.22. The van der Waals surface area contributed by atoms with Crippen LogP contribution < -0.4 is 10.9 Å². The van der Waals surface area contributed by atoms with E-state index in [1.807, 2.05) is 25.1 Å². The standard InChI is InChI=1S/C22H23N3O4/c1-3-12-9-16(20(26)22(28)29)21(27)24-19(12)13-4-5-17-15(8-13)10-18(25(17)2)14-6-7-23-11-14/h4-5,8-10,14,23H,3,6-7,11H2,1-2H3,(H,24,27)(H,28,29). The number of benzene rings is 1. The highest BCUT2D eigenvalue weighted by molar-refractivity contribution is 6.39. The molecule has 0 bridgehead atoms. The maximum absolute atomic E-state index is 12.4. The molecule has 1 aliphatic rings. The normalized spacial score (nSPS) is 16.4. The topological polar surface area (TPSA) is 104 Å². The van der Waals surface area contributed by atoms with Crippen molar-refractivity contribution in [1.82, 2.24) is 14.9 Å². The number of H-pyrrole nitrogens is 1. The molecule has 150 valence electrons. The van der Waals surface area contributed by atoms with E-state index in [0.717, 1.165) is 41.5 Å². The van der Waals surface area contributed by atoms with E-state index >= 15 is 0 Å². The lowest BCUT2D eigenvalue weighted by Gasteiger charge is -2.11. The molecule has 0 aliphatic carbocycles. The Bertz CT molecular complexity index is 1180. The summed E-state index contributed by atoms with van der Waals surface area (Å²) in [7, 11) is 2.07. The smallest absolute Gasteiger partial charge is 0.377 e. The van der Waals surface area contributed by atoms with Crippen LogP contribution in [0.2, 0.25) is 0 Å². The molecule has 2 aromatic heterocycles. The first-order chi connectivity index (χ1) is 13.9. The van der Waals surface area contributed by atoms with E-state index in [2.05, 4.69) is 28.0 Å². The lowest BCUT2D eigenvalue weighted by atomic mass is 9.99. The molecule has 1 aromatic carbocycles.